The lowest BCUT2D eigenvalue weighted by atomic mass is 9.68. The molecule has 0 atom stereocenters. The second-order valence-corrected chi connectivity index (χ2v) is 5.57. The molecule has 1 aliphatic rings. The molecule has 0 spiro atoms. The van der Waals surface area contributed by atoms with Gasteiger partial charge in [0, 0.05) is 17.8 Å². The third kappa shape index (κ3) is 2.42. The summed E-state index contributed by atoms with van der Waals surface area (Å²) in [5, 5.41) is 10.5. The number of hydrogen-bond donors (Lipinski definition) is 2. The lowest BCUT2D eigenvalue weighted by molar-refractivity contribution is -0.129. The first-order valence-corrected chi connectivity index (χ1v) is 7.03. The summed E-state index contributed by atoms with van der Waals surface area (Å²) in [6.07, 6.45) is 4.06. The van der Waals surface area contributed by atoms with Crippen LogP contribution in [-0.2, 0) is 4.79 Å². The molecule has 110 valence electrons. The van der Waals surface area contributed by atoms with E-state index in [1.54, 1.807) is 0 Å². The third-order valence-corrected chi connectivity index (χ3v) is 4.28. The van der Waals surface area contributed by atoms with Crippen molar-refractivity contribution < 1.29 is 9.21 Å². The molecule has 0 saturated heterocycles. The first-order valence-electron chi connectivity index (χ1n) is 7.03. The largest absolute Gasteiger partial charge is 0.423 e. The highest BCUT2D eigenvalue weighted by Gasteiger charge is 2.42. The van der Waals surface area contributed by atoms with Crippen molar-refractivity contribution in [3.8, 4) is 11.5 Å². The Kier molecular flexibility index (Phi) is 3.47. The van der Waals surface area contributed by atoms with Gasteiger partial charge >= 0.3 is 0 Å². The summed E-state index contributed by atoms with van der Waals surface area (Å²) in [6, 6.07) is 5.66. The van der Waals surface area contributed by atoms with Crippen molar-refractivity contribution in [2.75, 3.05) is 11.9 Å². The summed E-state index contributed by atoms with van der Waals surface area (Å²) >= 11 is 0. The van der Waals surface area contributed by atoms with Gasteiger partial charge in [-0.05, 0) is 37.5 Å². The van der Waals surface area contributed by atoms with Gasteiger partial charge in [-0.3, -0.25) is 4.79 Å². The third-order valence-electron chi connectivity index (χ3n) is 4.28. The fraction of sp³-hybridized carbons (Fsp3) is 0.400. The second-order valence-electron chi connectivity index (χ2n) is 5.57. The molecule has 1 aromatic carbocycles. The van der Waals surface area contributed by atoms with Crippen LogP contribution in [0.25, 0.3) is 11.5 Å². The molecule has 0 bridgehead atoms. The molecule has 3 rings (SSSR count). The maximum atomic E-state index is 12.5. The van der Waals surface area contributed by atoms with Crippen LogP contribution in [0.5, 0.6) is 0 Å². The molecule has 2 aromatic rings. The summed E-state index contributed by atoms with van der Waals surface area (Å²) in [4.78, 5) is 12.5. The summed E-state index contributed by atoms with van der Waals surface area (Å²) < 4.78 is 5.19. The first-order chi connectivity index (χ1) is 10.1. The molecule has 0 radical (unpaired) electrons. The van der Waals surface area contributed by atoms with Crippen LogP contribution in [-0.4, -0.2) is 22.6 Å². The SMILES string of the molecule is Cc1ccc(-c2nnco2)cc1NC(=O)C1(CN)CCC1. The highest BCUT2D eigenvalue weighted by atomic mass is 16.4. The van der Waals surface area contributed by atoms with Gasteiger partial charge in [0.05, 0.1) is 5.41 Å². The lowest BCUT2D eigenvalue weighted by Gasteiger charge is -2.39. The van der Waals surface area contributed by atoms with Crippen molar-refractivity contribution in [3.05, 3.63) is 30.2 Å². The number of carbonyl (C=O) groups is 1. The summed E-state index contributed by atoms with van der Waals surface area (Å²) in [6.45, 7) is 2.34. The van der Waals surface area contributed by atoms with E-state index >= 15 is 0 Å². The molecule has 1 aromatic heterocycles. The number of nitrogens with zero attached hydrogens (tertiary/aromatic N) is 2. The Morgan fingerprint density at radius 2 is 2.29 bits per heavy atom. The van der Waals surface area contributed by atoms with Crippen LogP contribution in [0.4, 0.5) is 5.69 Å². The van der Waals surface area contributed by atoms with Crippen molar-refractivity contribution in [3.63, 3.8) is 0 Å². The molecule has 6 nitrogen and oxygen atoms in total. The molecule has 1 aliphatic carbocycles. The van der Waals surface area contributed by atoms with E-state index < -0.39 is 5.41 Å². The number of carbonyl (C=O) groups excluding carboxylic acids is 1. The zero-order valence-corrected chi connectivity index (χ0v) is 11.9. The van der Waals surface area contributed by atoms with E-state index in [-0.39, 0.29) is 5.91 Å². The average molecular weight is 286 g/mol. The second kappa shape index (κ2) is 5.29. The van der Waals surface area contributed by atoms with Gasteiger partial charge in [0.1, 0.15) is 0 Å². The van der Waals surface area contributed by atoms with E-state index in [2.05, 4.69) is 15.5 Å². The molecular formula is C15H18N4O2. The van der Waals surface area contributed by atoms with Gasteiger partial charge in [0.15, 0.2) is 0 Å². The number of aromatic nitrogens is 2. The molecule has 1 saturated carbocycles. The van der Waals surface area contributed by atoms with E-state index in [4.69, 9.17) is 10.2 Å². The van der Waals surface area contributed by atoms with Crippen LogP contribution in [0.15, 0.2) is 29.0 Å². The Balaban J connectivity index is 1.85. The van der Waals surface area contributed by atoms with Crippen LogP contribution in [0.3, 0.4) is 0 Å². The molecule has 0 unspecified atom stereocenters. The fourth-order valence-corrected chi connectivity index (χ4v) is 2.57. The summed E-state index contributed by atoms with van der Waals surface area (Å²) in [5.41, 5.74) is 7.90. The predicted octanol–water partition coefficient (Wildman–Crippen LogP) is 2.11. The minimum atomic E-state index is -0.396. The fourth-order valence-electron chi connectivity index (χ4n) is 2.57. The quantitative estimate of drug-likeness (QED) is 0.897. The molecule has 6 heteroatoms. The normalized spacial score (nSPS) is 16.3. The molecule has 21 heavy (non-hydrogen) atoms. The van der Waals surface area contributed by atoms with Gasteiger partial charge in [-0.2, -0.15) is 0 Å². The van der Waals surface area contributed by atoms with Gasteiger partial charge < -0.3 is 15.5 Å². The van der Waals surface area contributed by atoms with Crippen molar-refractivity contribution in [2.24, 2.45) is 11.1 Å². The van der Waals surface area contributed by atoms with E-state index in [1.165, 1.54) is 6.39 Å². The predicted molar refractivity (Wildman–Crippen MR) is 78.4 cm³/mol. The minimum Gasteiger partial charge on any atom is -0.423 e. The Morgan fingerprint density at radius 3 is 2.86 bits per heavy atom. The average Bonchev–Trinajstić information content (AvgIpc) is 2.94. The number of nitrogens with two attached hydrogens (primary N) is 1. The number of aryl methyl sites for hydroxylation is 1. The van der Waals surface area contributed by atoms with Gasteiger partial charge in [0.2, 0.25) is 18.2 Å². The molecule has 1 fully saturated rings. The Labute approximate surface area is 122 Å². The van der Waals surface area contributed by atoms with E-state index in [0.29, 0.717) is 12.4 Å². The molecule has 0 aliphatic heterocycles. The van der Waals surface area contributed by atoms with Gasteiger partial charge in [-0.25, -0.2) is 0 Å². The number of nitrogens with one attached hydrogen (secondary N) is 1. The van der Waals surface area contributed by atoms with Crippen molar-refractivity contribution in [1.29, 1.82) is 0 Å². The van der Waals surface area contributed by atoms with E-state index in [9.17, 15) is 4.79 Å². The van der Waals surface area contributed by atoms with E-state index in [0.717, 1.165) is 36.1 Å². The zero-order chi connectivity index (χ0) is 14.9. The topological polar surface area (TPSA) is 94.0 Å². The monoisotopic (exact) mass is 286 g/mol. The Morgan fingerprint density at radius 1 is 1.48 bits per heavy atom. The van der Waals surface area contributed by atoms with Gasteiger partial charge in [-0.1, -0.05) is 12.5 Å². The van der Waals surface area contributed by atoms with Crippen molar-refractivity contribution >= 4 is 11.6 Å². The zero-order valence-electron chi connectivity index (χ0n) is 11.9. The van der Waals surface area contributed by atoms with Crippen LogP contribution in [0.2, 0.25) is 0 Å². The van der Waals surface area contributed by atoms with Crippen molar-refractivity contribution in [1.82, 2.24) is 10.2 Å². The maximum Gasteiger partial charge on any atom is 0.247 e. The van der Waals surface area contributed by atoms with Gasteiger partial charge in [0.25, 0.3) is 0 Å². The minimum absolute atomic E-state index is 0.00188. The smallest absolute Gasteiger partial charge is 0.247 e. The molecule has 3 N–H and O–H groups in total. The Hall–Kier alpha value is -2.21. The molecule has 1 amide bonds. The number of amides is 1. The highest BCUT2D eigenvalue weighted by Crippen LogP contribution is 2.41. The van der Waals surface area contributed by atoms with Crippen LogP contribution in [0.1, 0.15) is 24.8 Å². The lowest BCUT2D eigenvalue weighted by Crippen LogP contribution is -2.47. The van der Waals surface area contributed by atoms with Gasteiger partial charge in [-0.15, -0.1) is 10.2 Å². The molecular weight excluding hydrogens is 268 g/mol. The van der Waals surface area contributed by atoms with Crippen molar-refractivity contribution in [2.45, 2.75) is 26.2 Å². The van der Waals surface area contributed by atoms with Crippen LogP contribution >= 0.6 is 0 Å². The first kappa shape index (κ1) is 13.8. The Bertz CT molecular complexity index is 642. The van der Waals surface area contributed by atoms with Crippen LogP contribution < -0.4 is 11.1 Å². The highest BCUT2D eigenvalue weighted by molar-refractivity contribution is 5.97. The number of hydrogen-bond acceptors (Lipinski definition) is 5. The van der Waals surface area contributed by atoms with E-state index in [1.807, 2.05) is 25.1 Å². The molecule has 1 heterocycles. The summed E-state index contributed by atoms with van der Waals surface area (Å²) in [7, 11) is 0. The number of benzene rings is 1. The van der Waals surface area contributed by atoms with Crippen LogP contribution in [0, 0.1) is 12.3 Å². The summed E-state index contributed by atoms with van der Waals surface area (Å²) in [5.74, 6) is 0.435. The number of anilines is 1. The maximum absolute atomic E-state index is 12.5. The standard InChI is InChI=1S/C15H18N4O2/c1-10-3-4-11(13-19-17-9-21-13)7-12(10)18-14(20)15(8-16)5-2-6-15/h3-4,7,9H,2,5-6,8,16H2,1H3,(H,18,20). The number of rotatable bonds is 4.